The Morgan fingerprint density at radius 2 is 2.17 bits per heavy atom. The molecule has 1 atom stereocenters. The van der Waals surface area contributed by atoms with E-state index in [-0.39, 0.29) is 6.04 Å². The molecule has 36 valence electrons. The molecule has 0 bridgehead atoms. The molecule has 0 saturated carbocycles. The maximum absolute atomic E-state index is 5.24. The van der Waals surface area contributed by atoms with Gasteiger partial charge in [0.2, 0.25) is 0 Å². The summed E-state index contributed by atoms with van der Waals surface area (Å²) in [6, 6.07) is 0.0926. The van der Waals surface area contributed by atoms with Crippen LogP contribution in [0.2, 0.25) is 0 Å². The zero-order valence-corrected chi connectivity index (χ0v) is 3.89. The van der Waals surface area contributed by atoms with Gasteiger partial charge in [-0.1, -0.05) is 6.08 Å². The Labute approximate surface area is 37.8 Å². The van der Waals surface area contributed by atoms with Gasteiger partial charge in [0.15, 0.2) is 0 Å². The number of nitrogens with two attached hydrogens (primary N) is 2. The second kappa shape index (κ2) is 2.72. The van der Waals surface area contributed by atoms with Crippen LogP contribution in [0.4, 0.5) is 0 Å². The van der Waals surface area contributed by atoms with Crippen molar-refractivity contribution in [1.82, 2.24) is 0 Å². The maximum Gasteiger partial charge on any atom is 0.0211 e. The van der Waals surface area contributed by atoms with Gasteiger partial charge >= 0.3 is 0 Å². The first-order valence-electron chi connectivity index (χ1n) is 1.91. The molecule has 0 aromatic rings. The van der Waals surface area contributed by atoms with E-state index in [1.54, 1.807) is 6.08 Å². The Morgan fingerprint density at radius 1 is 1.67 bits per heavy atom. The molecule has 0 radical (unpaired) electrons. The van der Waals surface area contributed by atoms with Crippen molar-refractivity contribution in [2.75, 3.05) is 0 Å². The quantitative estimate of drug-likeness (QED) is 0.464. The summed E-state index contributed by atoms with van der Waals surface area (Å²) in [7, 11) is 0. The van der Waals surface area contributed by atoms with Crippen molar-refractivity contribution in [3.8, 4) is 0 Å². The molecule has 0 amide bonds. The average Bonchev–Trinajstić information content (AvgIpc) is 1.35. The molecule has 0 aromatic carbocycles. The lowest BCUT2D eigenvalue weighted by Crippen LogP contribution is -2.10. The summed E-state index contributed by atoms with van der Waals surface area (Å²) < 4.78 is 0. The molecular weight excluding hydrogens is 76.1 g/mol. The van der Waals surface area contributed by atoms with Crippen molar-refractivity contribution in [3.05, 3.63) is 12.3 Å². The SMILES string of the molecule is CC(N)C=CN. The van der Waals surface area contributed by atoms with Crippen molar-refractivity contribution in [1.29, 1.82) is 0 Å². The minimum Gasteiger partial charge on any atom is -0.405 e. The molecule has 0 aromatic heterocycles. The minimum atomic E-state index is 0.0926. The highest BCUT2D eigenvalue weighted by Gasteiger charge is 1.76. The van der Waals surface area contributed by atoms with Gasteiger partial charge in [-0.3, -0.25) is 0 Å². The van der Waals surface area contributed by atoms with Crippen molar-refractivity contribution < 1.29 is 0 Å². The summed E-state index contributed by atoms with van der Waals surface area (Å²) in [5, 5.41) is 0. The standard InChI is InChI=1S/C4H10N2/c1-4(6)2-3-5/h2-4H,5-6H2,1H3. The summed E-state index contributed by atoms with van der Waals surface area (Å²) in [6.45, 7) is 1.86. The van der Waals surface area contributed by atoms with E-state index < -0.39 is 0 Å². The topological polar surface area (TPSA) is 52.0 Å². The molecule has 4 N–H and O–H groups in total. The van der Waals surface area contributed by atoms with Gasteiger partial charge in [-0.05, 0) is 13.1 Å². The monoisotopic (exact) mass is 86.1 g/mol. The summed E-state index contributed by atoms with van der Waals surface area (Å²) >= 11 is 0. The second-order valence-corrected chi connectivity index (χ2v) is 1.24. The third-order valence-electron chi connectivity index (χ3n) is 0.415. The van der Waals surface area contributed by atoms with E-state index in [2.05, 4.69) is 0 Å². The first-order valence-corrected chi connectivity index (χ1v) is 1.91. The first kappa shape index (κ1) is 5.50. The Balaban J connectivity index is 3.03. The molecule has 6 heavy (non-hydrogen) atoms. The van der Waals surface area contributed by atoms with Crippen molar-refractivity contribution in [2.24, 2.45) is 11.5 Å². The fraction of sp³-hybridized carbons (Fsp3) is 0.500. The maximum atomic E-state index is 5.24. The van der Waals surface area contributed by atoms with Gasteiger partial charge in [-0.15, -0.1) is 0 Å². The molecule has 1 unspecified atom stereocenters. The summed E-state index contributed by atoms with van der Waals surface area (Å²) in [4.78, 5) is 0. The van der Waals surface area contributed by atoms with Crippen LogP contribution in [0, 0.1) is 0 Å². The lowest BCUT2D eigenvalue weighted by molar-refractivity contribution is 0.923. The molecule has 0 rings (SSSR count). The highest BCUT2D eigenvalue weighted by molar-refractivity contribution is 4.83. The smallest absolute Gasteiger partial charge is 0.0211 e. The van der Waals surface area contributed by atoms with E-state index in [1.165, 1.54) is 6.20 Å². The van der Waals surface area contributed by atoms with Crippen LogP contribution in [-0.2, 0) is 0 Å². The zero-order valence-electron chi connectivity index (χ0n) is 3.89. The van der Waals surface area contributed by atoms with Crippen molar-refractivity contribution in [3.63, 3.8) is 0 Å². The molecule has 0 heterocycles. The van der Waals surface area contributed by atoms with Crippen LogP contribution in [0.1, 0.15) is 6.92 Å². The Hall–Kier alpha value is -0.500. The van der Waals surface area contributed by atoms with Gasteiger partial charge < -0.3 is 11.5 Å². The number of rotatable bonds is 1. The Morgan fingerprint density at radius 3 is 2.17 bits per heavy atom. The molecule has 0 saturated heterocycles. The van der Waals surface area contributed by atoms with Crippen LogP contribution < -0.4 is 11.5 Å². The van der Waals surface area contributed by atoms with Crippen LogP contribution >= 0.6 is 0 Å². The highest BCUT2D eigenvalue weighted by Crippen LogP contribution is 1.70. The predicted molar refractivity (Wildman–Crippen MR) is 27.0 cm³/mol. The summed E-state index contributed by atoms with van der Waals surface area (Å²) in [5.74, 6) is 0. The van der Waals surface area contributed by atoms with Crippen LogP contribution in [0.25, 0.3) is 0 Å². The van der Waals surface area contributed by atoms with Gasteiger partial charge in [0.05, 0.1) is 0 Å². The fourth-order valence-corrected chi connectivity index (χ4v) is 0.175. The van der Waals surface area contributed by atoms with Gasteiger partial charge in [0.25, 0.3) is 0 Å². The van der Waals surface area contributed by atoms with E-state index in [4.69, 9.17) is 11.5 Å². The minimum absolute atomic E-state index is 0.0926. The largest absolute Gasteiger partial charge is 0.405 e. The highest BCUT2D eigenvalue weighted by atomic mass is 14.6. The molecule has 0 aliphatic heterocycles. The summed E-state index contributed by atoms with van der Waals surface area (Å²) in [6.07, 6.45) is 3.17. The van der Waals surface area contributed by atoms with Crippen molar-refractivity contribution in [2.45, 2.75) is 13.0 Å². The third kappa shape index (κ3) is 3.50. The van der Waals surface area contributed by atoms with Gasteiger partial charge in [0, 0.05) is 6.04 Å². The zero-order chi connectivity index (χ0) is 4.99. The summed E-state index contributed by atoms with van der Waals surface area (Å²) in [5.41, 5.74) is 10.2. The number of hydrogen-bond acceptors (Lipinski definition) is 2. The average molecular weight is 86.1 g/mol. The first-order chi connectivity index (χ1) is 2.77. The molecular formula is C4H10N2. The molecule has 0 aliphatic rings. The van der Waals surface area contributed by atoms with Gasteiger partial charge in [-0.2, -0.15) is 0 Å². The molecule has 0 fully saturated rings. The fourth-order valence-electron chi connectivity index (χ4n) is 0.175. The van der Waals surface area contributed by atoms with Crippen LogP contribution in [0.15, 0.2) is 12.3 Å². The van der Waals surface area contributed by atoms with E-state index in [1.807, 2.05) is 6.92 Å². The van der Waals surface area contributed by atoms with Crippen LogP contribution in [0.3, 0.4) is 0 Å². The predicted octanol–water partition coefficient (Wildman–Crippen LogP) is -0.194. The van der Waals surface area contributed by atoms with E-state index in [9.17, 15) is 0 Å². The Kier molecular flexibility index (Phi) is 2.50. The van der Waals surface area contributed by atoms with E-state index >= 15 is 0 Å². The normalized spacial score (nSPS) is 15.7. The molecule has 0 aliphatic carbocycles. The van der Waals surface area contributed by atoms with Crippen LogP contribution in [0.5, 0.6) is 0 Å². The van der Waals surface area contributed by atoms with Crippen LogP contribution in [-0.4, -0.2) is 6.04 Å². The number of hydrogen-bond donors (Lipinski definition) is 2. The lowest BCUT2D eigenvalue weighted by atomic mass is 10.4. The Bertz CT molecular complexity index is 47.5. The van der Waals surface area contributed by atoms with Gasteiger partial charge in [-0.25, -0.2) is 0 Å². The molecule has 0 spiro atoms. The molecule has 2 heteroatoms. The van der Waals surface area contributed by atoms with Gasteiger partial charge in [0.1, 0.15) is 0 Å². The van der Waals surface area contributed by atoms with Crippen molar-refractivity contribution >= 4 is 0 Å². The molecule has 2 nitrogen and oxygen atoms in total. The lowest BCUT2D eigenvalue weighted by Gasteiger charge is -1.88. The third-order valence-corrected chi connectivity index (χ3v) is 0.415. The van der Waals surface area contributed by atoms with E-state index in [0.717, 1.165) is 0 Å². The second-order valence-electron chi connectivity index (χ2n) is 1.24. The van der Waals surface area contributed by atoms with E-state index in [0.29, 0.717) is 0 Å².